The predicted octanol–water partition coefficient (Wildman–Crippen LogP) is -0.839. The molecular weight excluding hydrogens is 232 g/mol. The number of nitrogens with one attached hydrogen (secondary N) is 1. The second kappa shape index (κ2) is 3.39. The first-order valence-corrected chi connectivity index (χ1v) is 5.88. The minimum Gasteiger partial charge on any atom is -0.300 e. The number of rotatable bonds is 2. The summed E-state index contributed by atoms with van der Waals surface area (Å²) in [4.78, 5) is 0. The van der Waals surface area contributed by atoms with Crippen molar-refractivity contribution in [3.63, 3.8) is 0 Å². The van der Waals surface area contributed by atoms with Gasteiger partial charge in [-0.3, -0.25) is 9.67 Å². The fourth-order valence-electron chi connectivity index (χ4n) is 1.37. The van der Waals surface area contributed by atoms with Gasteiger partial charge in [-0.2, -0.15) is 5.10 Å². The van der Waals surface area contributed by atoms with E-state index in [1.54, 1.807) is 13.1 Å². The van der Waals surface area contributed by atoms with Crippen LogP contribution in [0.25, 0.3) is 11.4 Å². The van der Waals surface area contributed by atoms with E-state index in [1.807, 2.05) is 0 Å². The van der Waals surface area contributed by atoms with Gasteiger partial charge in [0.2, 0.25) is 0 Å². The summed E-state index contributed by atoms with van der Waals surface area (Å²) in [5.74, 6) is 0.398. The number of H-pyrrole nitrogens is 1. The van der Waals surface area contributed by atoms with Gasteiger partial charge in [0, 0.05) is 12.7 Å². The normalized spacial score (nSPS) is 11.9. The van der Waals surface area contributed by atoms with Crippen LogP contribution in [0.1, 0.15) is 5.69 Å². The van der Waals surface area contributed by atoms with Crippen LogP contribution >= 0.6 is 0 Å². The first kappa shape index (κ1) is 10.8. The van der Waals surface area contributed by atoms with Gasteiger partial charge in [0.1, 0.15) is 0 Å². The van der Waals surface area contributed by atoms with Crippen LogP contribution in [0.15, 0.2) is 11.4 Å². The van der Waals surface area contributed by atoms with Crippen LogP contribution in [0.2, 0.25) is 0 Å². The molecule has 16 heavy (non-hydrogen) atoms. The average Bonchev–Trinajstić information content (AvgIpc) is 2.70. The van der Waals surface area contributed by atoms with E-state index < -0.39 is 10.0 Å². The number of aryl methyl sites for hydroxylation is 1. The fourth-order valence-corrected chi connectivity index (χ4v) is 2.00. The lowest BCUT2D eigenvalue weighted by atomic mass is 10.2. The van der Waals surface area contributed by atoms with Crippen LogP contribution in [0.4, 0.5) is 0 Å². The van der Waals surface area contributed by atoms with E-state index >= 15 is 0 Å². The van der Waals surface area contributed by atoms with Gasteiger partial charge in [-0.25, -0.2) is 13.6 Å². The first-order chi connectivity index (χ1) is 7.41. The molecule has 0 aliphatic heterocycles. The molecule has 0 spiro atoms. The van der Waals surface area contributed by atoms with Gasteiger partial charge in [-0.05, 0) is 6.92 Å². The Morgan fingerprint density at radius 1 is 1.44 bits per heavy atom. The number of aromatic nitrogens is 5. The molecule has 0 aliphatic carbocycles. The van der Waals surface area contributed by atoms with Gasteiger partial charge in [0.15, 0.2) is 5.82 Å². The van der Waals surface area contributed by atoms with Crippen LogP contribution in [0.3, 0.4) is 0 Å². The Kier molecular flexibility index (Phi) is 2.28. The summed E-state index contributed by atoms with van der Waals surface area (Å²) in [7, 11) is -2.33. The molecule has 0 amide bonds. The second-order valence-electron chi connectivity index (χ2n) is 3.32. The lowest BCUT2D eigenvalue weighted by Crippen LogP contribution is -2.17. The monoisotopic (exact) mass is 242 g/mol. The molecule has 2 heterocycles. The molecule has 2 rings (SSSR count). The van der Waals surface area contributed by atoms with Crippen LogP contribution in [-0.2, 0) is 17.1 Å². The van der Waals surface area contributed by atoms with Gasteiger partial charge < -0.3 is 0 Å². The molecule has 0 bridgehead atoms. The van der Waals surface area contributed by atoms with Gasteiger partial charge in [0.25, 0.3) is 15.2 Å². The smallest absolute Gasteiger partial charge is 0.273 e. The third kappa shape index (κ3) is 1.59. The zero-order valence-electron chi connectivity index (χ0n) is 8.67. The highest BCUT2D eigenvalue weighted by Crippen LogP contribution is 2.20. The van der Waals surface area contributed by atoms with Crippen molar-refractivity contribution in [2.75, 3.05) is 0 Å². The Hall–Kier alpha value is -1.74. The van der Waals surface area contributed by atoms with Gasteiger partial charge >= 0.3 is 0 Å². The Labute approximate surface area is 91.5 Å². The minimum atomic E-state index is -3.86. The van der Waals surface area contributed by atoms with E-state index in [-0.39, 0.29) is 5.16 Å². The van der Waals surface area contributed by atoms with Crippen molar-refractivity contribution in [3.05, 3.63) is 11.9 Å². The van der Waals surface area contributed by atoms with Crippen molar-refractivity contribution in [1.82, 2.24) is 25.0 Å². The van der Waals surface area contributed by atoms with E-state index in [0.717, 1.165) is 5.69 Å². The van der Waals surface area contributed by atoms with Crippen molar-refractivity contribution in [3.8, 4) is 11.4 Å². The largest absolute Gasteiger partial charge is 0.300 e. The van der Waals surface area contributed by atoms with Crippen LogP contribution in [0.5, 0.6) is 0 Å². The van der Waals surface area contributed by atoms with E-state index in [9.17, 15) is 8.42 Å². The first-order valence-electron chi connectivity index (χ1n) is 4.34. The molecule has 3 N–H and O–H groups in total. The van der Waals surface area contributed by atoms with Crippen LogP contribution < -0.4 is 5.14 Å². The SMILES string of the molecule is Cc1[nH]ncc1-c1nnc(S(N)(=O)=O)n1C. The molecule has 0 saturated heterocycles. The van der Waals surface area contributed by atoms with Crippen LogP contribution in [0, 0.1) is 6.92 Å². The molecular formula is C7H10N6O2S. The summed E-state index contributed by atoms with van der Waals surface area (Å²) >= 11 is 0. The van der Waals surface area contributed by atoms with Crippen molar-refractivity contribution in [2.24, 2.45) is 12.2 Å². The highest BCUT2D eigenvalue weighted by Gasteiger charge is 2.20. The maximum absolute atomic E-state index is 11.2. The molecule has 2 aromatic rings. The zero-order valence-corrected chi connectivity index (χ0v) is 9.48. The second-order valence-corrected chi connectivity index (χ2v) is 4.77. The van der Waals surface area contributed by atoms with E-state index in [0.29, 0.717) is 11.4 Å². The van der Waals surface area contributed by atoms with Crippen LogP contribution in [-0.4, -0.2) is 33.4 Å². The molecule has 0 unspecified atom stereocenters. The van der Waals surface area contributed by atoms with Gasteiger partial charge in [-0.15, -0.1) is 10.2 Å². The minimum absolute atomic E-state index is 0.275. The third-order valence-electron chi connectivity index (χ3n) is 2.16. The maximum atomic E-state index is 11.2. The Morgan fingerprint density at radius 2 is 2.12 bits per heavy atom. The van der Waals surface area contributed by atoms with E-state index in [1.165, 1.54) is 11.6 Å². The van der Waals surface area contributed by atoms with Crippen molar-refractivity contribution in [2.45, 2.75) is 12.1 Å². The third-order valence-corrected chi connectivity index (χ3v) is 3.02. The lowest BCUT2D eigenvalue weighted by Gasteiger charge is -2.00. The van der Waals surface area contributed by atoms with E-state index in [4.69, 9.17) is 5.14 Å². The number of nitrogens with zero attached hydrogens (tertiary/aromatic N) is 4. The van der Waals surface area contributed by atoms with Crippen molar-refractivity contribution < 1.29 is 8.42 Å². The number of hydrogen-bond acceptors (Lipinski definition) is 5. The number of primary sulfonamides is 1. The predicted molar refractivity (Wildman–Crippen MR) is 54.7 cm³/mol. The molecule has 0 fully saturated rings. The highest BCUT2D eigenvalue weighted by molar-refractivity contribution is 7.89. The Morgan fingerprint density at radius 3 is 2.56 bits per heavy atom. The number of sulfonamides is 1. The number of hydrogen-bond donors (Lipinski definition) is 2. The van der Waals surface area contributed by atoms with Crippen molar-refractivity contribution in [1.29, 1.82) is 0 Å². The summed E-state index contributed by atoms with van der Waals surface area (Å²) in [5.41, 5.74) is 1.46. The summed E-state index contributed by atoms with van der Waals surface area (Å²) in [6.45, 7) is 1.80. The molecule has 0 radical (unpaired) electrons. The zero-order chi connectivity index (χ0) is 11.9. The molecule has 0 aliphatic rings. The lowest BCUT2D eigenvalue weighted by molar-refractivity contribution is 0.580. The molecule has 2 aromatic heterocycles. The standard InChI is InChI=1S/C7H10N6O2S/c1-4-5(3-9-10-4)6-11-12-7(13(6)2)16(8,14)15/h3H,1-2H3,(H,9,10)(H2,8,14,15). The van der Waals surface area contributed by atoms with Gasteiger partial charge in [-0.1, -0.05) is 0 Å². The summed E-state index contributed by atoms with van der Waals surface area (Å²) in [6, 6.07) is 0. The fraction of sp³-hybridized carbons (Fsp3) is 0.286. The number of aromatic amines is 1. The molecule has 86 valence electrons. The highest BCUT2D eigenvalue weighted by atomic mass is 32.2. The Bertz CT molecular complexity index is 625. The quantitative estimate of drug-likeness (QED) is 0.711. The number of nitrogens with two attached hydrogens (primary N) is 1. The summed E-state index contributed by atoms with van der Waals surface area (Å²) in [5, 5.41) is 18.6. The summed E-state index contributed by atoms with van der Waals surface area (Å²) < 4.78 is 23.6. The maximum Gasteiger partial charge on any atom is 0.273 e. The average molecular weight is 242 g/mol. The van der Waals surface area contributed by atoms with Gasteiger partial charge in [0.05, 0.1) is 11.8 Å². The topological polar surface area (TPSA) is 120 Å². The van der Waals surface area contributed by atoms with Crippen molar-refractivity contribution >= 4 is 10.0 Å². The Balaban J connectivity index is 2.63. The molecule has 0 aromatic carbocycles. The van der Waals surface area contributed by atoms with E-state index in [2.05, 4.69) is 20.4 Å². The molecule has 0 atom stereocenters. The molecule has 9 heteroatoms. The summed E-state index contributed by atoms with van der Waals surface area (Å²) in [6.07, 6.45) is 1.55. The molecule has 0 saturated carbocycles. The molecule has 8 nitrogen and oxygen atoms in total.